The normalized spacial score (nSPS) is 19.1. The first kappa shape index (κ1) is 30.0. The van der Waals surface area contributed by atoms with Crippen molar-refractivity contribution in [1.82, 2.24) is 10.3 Å². The fourth-order valence-electron chi connectivity index (χ4n) is 4.62. The van der Waals surface area contributed by atoms with E-state index in [0.29, 0.717) is 11.8 Å². The second kappa shape index (κ2) is 11.0. The van der Waals surface area contributed by atoms with Gasteiger partial charge in [0, 0.05) is 16.7 Å². The molecule has 43 heavy (non-hydrogen) atoms. The van der Waals surface area contributed by atoms with Crippen LogP contribution < -0.4 is 25.3 Å². The number of benzene rings is 2. The number of methoxy groups -OCH3 is 1. The van der Waals surface area contributed by atoms with Gasteiger partial charge in [-0.25, -0.2) is 13.8 Å². The summed E-state index contributed by atoms with van der Waals surface area (Å²) in [6.45, 7) is -3.49. The van der Waals surface area contributed by atoms with Gasteiger partial charge in [-0.1, -0.05) is 0 Å². The van der Waals surface area contributed by atoms with E-state index in [-0.39, 0.29) is 40.0 Å². The van der Waals surface area contributed by atoms with Gasteiger partial charge >= 0.3 is 6.18 Å². The van der Waals surface area contributed by atoms with Crippen molar-refractivity contribution in [3.63, 3.8) is 0 Å². The van der Waals surface area contributed by atoms with E-state index >= 15 is 0 Å². The first-order chi connectivity index (χ1) is 20.3. The van der Waals surface area contributed by atoms with Crippen LogP contribution >= 0.6 is 0 Å². The Morgan fingerprint density at radius 2 is 1.84 bits per heavy atom. The van der Waals surface area contributed by atoms with Crippen LogP contribution in [0.15, 0.2) is 48.5 Å². The zero-order valence-electron chi connectivity index (χ0n) is 22.6. The third kappa shape index (κ3) is 5.42. The van der Waals surface area contributed by atoms with E-state index < -0.39 is 60.3 Å². The molecule has 1 aliphatic heterocycles. The summed E-state index contributed by atoms with van der Waals surface area (Å²) in [7, 11) is 1.34. The second-order valence-corrected chi connectivity index (χ2v) is 10.3. The zero-order valence-corrected chi connectivity index (χ0v) is 22.6. The lowest BCUT2D eigenvalue weighted by Crippen LogP contribution is -2.52. The Morgan fingerprint density at radius 1 is 1.14 bits per heavy atom. The minimum Gasteiger partial charge on any atom is -0.493 e. The number of carbonyl (C=O) groups excluding carboxylic acids is 2. The molecule has 0 bridgehead atoms. The molecule has 1 saturated carbocycles. The molecule has 1 aliphatic carbocycles. The summed E-state index contributed by atoms with van der Waals surface area (Å²) in [6, 6.07) is 9.11. The smallest absolute Gasteiger partial charge is 0.424 e. The highest BCUT2D eigenvalue weighted by Gasteiger charge is 2.58. The summed E-state index contributed by atoms with van der Waals surface area (Å²) in [5.41, 5.74) is -2.39. The van der Waals surface area contributed by atoms with Gasteiger partial charge in [0.25, 0.3) is 5.91 Å². The number of carbonyl (C=O) groups is 2. The summed E-state index contributed by atoms with van der Waals surface area (Å²) in [5.74, 6) is -2.58. The van der Waals surface area contributed by atoms with Crippen molar-refractivity contribution in [2.45, 2.75) is 36.1 Å². The number of ether oxygens (including phenoxy) is 3. The van der Waals surface area contributed by atoms with Crippen molar-refractivity contribution in [2.24, 2.45) is 5.73 Å². The molecule has 3 aromatic rings. The van der Waals surface area contributed by atoms with Gasteiger partial charge in [0.15, 0.2) is 11.5 Å². The van der Waals surface area contributed by atoms with Gasteiger partial charge < -0.3 is 30.4 Å². The van der Waals surface area contributed by atoms with E-state index in [9.17, 15) is 36.6 Å². The van der Waals surface area contributed by atoms with Crippen LogP contribution in [-0.2, 0) is 15.8 Å². The number of nitrogens with two attached hydrogens (primary N) is 1. The number of pyridine rings is 1. The lowest BCUT2D eigenvalue weighted by Gasteiger charge is -2.31. The summed E-state index contributed by atoms with van der Waals surface area (Å²) in [5, 5.41) is 13.2. The van der Waals surface area contributed by atoms with Crippen molar-refractivity contribution in [3.05, 3.63) is 71.2 Å². The van der Waals surface area contributed by atoms with Crippen LogP contribution in [-0.4, -0.2) is 61.1 Å². The first-order valence-electron chi connectivity index (χ1n) is 13.1. The number of hydrogen-bond donors (Lipinski definition) is 3. The van der Waals surface area contributed by atoms with Crippen LogP contribution in [0.1, 0.15) is 34.5 Å². The summed E-state index contributed by atoms with van der Waals surface area (Å²) < 4.78 is 88.1. The fraction of sp³-hybridized carbons (Fsp3) is 0.345. The van der Waals surface area contributed by atoms with Crippen molar-refractivity contribution in [2.75, 3.05) is 26.9 Å². The number of rotatable bonds is 10. The van der Waals surface area contributed by atoms with Crippen molar-refractivity contribution < 1.29 is 50.9 Å². The van der Waals surface area contributed by atoms with E-state index in [1.54, 1.807) is 0 Å². The summed E-state index contributed by atoms with van der Waals surface area (Å²) in [6.07, 6.45) is -3.70. The summed E-state index contributed by atoms with van der Waals surface area (Å²) >= 11 is 0. The monoisotopic (exact) mass is 607 g/mol. The SMILES string of the molecule is COc1cc(C(=O)NC[C@](O)(c2cc3c(c(-c4ccc(F)cc4)n2)OC[C@@]3(CF)C(N)=O)C(F)(F)F)ccc1OC1CC1. The lowest BCUT2D eigenvalue weighted by molar-refractivity contribution is -0.265. The predicted octanol–water partition coefficient (Wildman–Crippen LogP) is 3.70. The Hall–Kier alpha value is -4.46. The second-order valence-electron chi connectivity index (χ2n) is 10.3. The number of aliphatic hydroxyl groups is 1. The molecule has 1 fully saturated rings. The third-order valence-corrected chi connectivity index (χ3v) is 7.41. The van der Waals surface area contributed by atoms with Crippen molar-refractivity contribution >= 4 is 11.8 Å². The Kier molecular flexibility index (Phi) is 7.67. The van der Waals surface area contributed by atoms with Gasteiger partial charge in [0.2, 0.25) is 11.5 Å². The van der Waals surface area contributed by atoms with Gasteiger partial charge in [-0.3, -0.25) is 9.59 Å². The molecule has 0 radical (unpaired) electrons. The maximum absolute atomic E-state index is 14.6. The molecule has 0 unspecified atom stereocenters. The molecule has 2 amide bonds. The highest BCUT2D eigenvalue weighted by atomic mass is 19.4. The van der Waals surface area contributed by atoms with E-state index in [0.717, 1.165) is 25.0 Å². The molecule has 1 aromatic heterocycles. The highest BCUT2D eigenvalue weighted by Crippen LogP contribution is 2.48. The van der Waals surface area contributed by atoms with Crippen molar-refractivity contribution in [3.8, 4) is 28.5 Å². The molecule has 2 atom stereocenters. The minimum atomic E-state index is -5.44. The number of primary amides is 1. The predicted molar refractivity (Wildman–Crippen MR) is 141 cm³/mol. The number of amides is 2. The van der Waals surface area contributed by atoms with Gasteiger partial charge in [-0.2, -0.15) is 13.2 Å². The van der Waals surface area contributed by atoms with E-state index in [1.807, 2.05) is 0 Å². The number of fused-ring (bicyclic) bond motifs is 1. The fourth-order valence-corrected chi connectivity index (χ4v) is 4.62. The van der Waals surface area contributed by atoms with Crippen molar-refractivity contribution in [1.29, 1.82) is 0 Å². The molecule has 4 N–H and O–H groups in total. The molecular formula is C29H26F5N3O6. The number of nitrogens with zero attached hydrogens (tertiary/aromatic N) is 1. The molecule has 9 nitrogen and oxygen atoms in total. The average Bonchev–Trinajstić information content (AvgIpc) is 3.71. The topological polar surface area (TPSA) is 133 Å². The van der Waals surface area contributed by atoms with Crippen LogP contribution in [0, 0.1) is 5.82 Å². The Labute approximate surface area is 241 Å². The molecule has 2 aromatic carbocycles. The molecule has 5 rings (SSSR count). The van der Waals surface area contributed by atoms with Gasteiger partial charge in [-0.05, 0) is 61.4 Å². The molecule has 2 aliphatic rings. The Bertz CT molecular complexity index is 1560. The molecule has 2 heterocycles. The standard InChI is InChI=1S/C29H26F5N3O6/c1-41-21-10-16(4-9-20(21)43-18-7-8-18)25(38)36-13-28(40,29(32,33)34)22-11-19-24(42-14-27(19,12-30)26(35)39)23(37-22)15-2-5-17(31)6-3-15/h2-6,9-11,18,40H,7-8,12-14H2,1H3,(H2,35,39)(H,36,38)/t27-,28+/m1/s1. The van der Waals surface area contributed by atoms with Crippen LogP contribution in [0.25, 0.3) is 11.3 Å². The van der Waals surface area contributed by atoms with E-state index in [4.69, 9.17) is 19.9 Å². The van der Waals surface area contributed by atoms with Crippen LogP contribution in [0.2, 0.25) is 0 Å². The van der Waals surface area contributed by atoms with E-state index in [1.165, 1.54) is 37.4 Å². The Morgan fingerprint density at radius 3 is 2.42 bits per heavy atom. The lowest BCUT2D eigenvalue weighted by atomic mass is 9.81. The van der Waals surface area contributed by atoms with Gasteiger partial charge in [0.1, 0.15) is 36.0 Å². The maximum atomic E-state index is 14.6. The quantitative estimate of drug-likeness (QED) is 0.300. The van der Waals surface area contributed by atoms with Crippen LogP contribution in [0.3, 0.4) is 0 Å². The highest BCUT2D eigenvalue weighted by molar-refractivity contribution is 5.95. The first-order valence-corrected chi connectivity index (χ1v) is 13.1. The molecule has 0 saturated heterocycles. The average molecular weight is 608 g/mol. The molecular weight excluding hydrogens is 581 g/mol. The maximum Gasteiger partial charge on any atom is 0.424 e. The Balaban J connectivity index is 1.55. The zero-order chi connectivity index (χ0) is 31.2. The molecule has 14 heteroatoms. The van der Waals surface area contributed by atoms with E-state index in [2.05, 4.69) is 10.3 Å². The van der Waals surface area contributed by atoms with Gasteiger partial charge in [0.05, 0.1) is 25.5 Å². The van der Waals surface area contributed by atoms with Crippen LogP contribution in [0.4, 0.5) is 22.0 Å². The number of alkyl halides is 4. The number of nitrogens with one attached hydrogen (secondary N) is 1. The number of halogens is 5. The summed E-state index contributed by atoms with van der Waals surface area (Å²) in [4.78, 5) is 29.3. The number of aromatic nitrogens is 1. The van der Waals surface area contributed by atoms with Crippen LogP contribution in [0.5, 0.6) is 17.2 Å². The number of hydrogen-bond acceptors (Lipinski definition) is 7. The molecule has 228 valence electrons. The molecule has 0 spiro atoms. The van der Waals surface area contributed by atoms with Gasteiger partial charge in [-0.15, -0.1) is 0 Å². The largest absolute Gasteiger partial charge is 0.493 e. The minimum absolute atomic E-state index is 0.0195. The third-order valence-electron chi connectivity index (χ3n) is 7.41.